The third-order valence-corrected chi connectivity index (χ3v) is 3.86. The van der Waals surface area contributed by atoms with E-state index in [2.05, 4.69) is 23.6 Å². The van der Waals surface area contributed by atoms with E-state index in [9.17, 15) is 0 Å². The molecule has 0 aromatic heterocycles. The van der Waals surface area contributed by atoms with E-state index >= 15 is 0 Å². The molecule has 0 saturated carbocycles. The van der Waals surface area contributed by atoms with E-state index < -0.39 is 0 Å². The van der Waals surface area contributed by atoms with Crippen LogP contribution in [-0.2, 0) is 4.74 Å². The minimum atomic E-state index is 0.642. The molecule has 0 aromatic carbocycles. The van der Waals surface area contributed by atoms with Crippen molar-refractivity contribution in [3.8, 4) is 0 Å². The van der Waals surface area contributed by atoms with Gasteiger partial charge in [0.15, 0.2) is 0 Å². The van der Waals surface area contributed by atoms with Crippen molar-refractivity contribution >= 4 is 0 Å². The number of unbranched alkanes of at least 4 members (excludes halogenated alkanes) is 2. The highest BCUT2D eigenvalue weighted by atomic mass is 16.5. The minimum absolute atomic E-state index is 0.642. The highest BCUT2D eigenvalue weighted by molar-refractivity contribution is 4.69. The van der Waals surface area contributed by atoms with Crippen molar-refractivity contribution < 1.29 is 4.74 Å². The summed E-state index contributed by atoms with van der Waals surface area (Å²) >= 11 is 0. The van der Waals surface area contributed by atoms with Gasteiger partial charge < -0.3 is 15.4 Å². The predicted octanol–water partition coefficient (Wildman–Crippen LogP) is 1.80. The molecule has 0 spiro atoms. The zero-order valence-electron chi connectivity index (χ0n) is 13.6. The number of rotatable bonds is 10. The van der Waals surface area contributed by atoms with Gasteiger partial charge in [-0.05, 0) is 51.4 Å². The van der Waals surface area contributed by atoms with Crippen LogP contribution in [0.15, 0.2) is 0 Å². The Labute approximate surface area is 125 Å². The lowest BCUT2D eigenvalue weighted by Crippen LogP contribution is -2.33. The molecule has 0 aromatic rings. The zero-order chi connectivity index (χ0) is 14.6. The molecule has 4 nitrogen and oxygen atoms in total. The molecule has 1 aliphatic rings. The molecule has 0 radical (unpaired) electrons. The lowest BCUT2D eigenvalue weighted by atomic mass is 10.2. The van der Waals surface area contributed by atoms with Crippen LogP contribution < -0.4 is 5.73 Å². The van der Waals surface area contributed by atoms with Gasteiger partial charge in [-0.2, -0.15) is 0 Å². The summed E-state index contributed by atoms with van der Waals surface area (Å²) < 4.78 is 5.69. The molecule has 0 amide bonds. The molecule has 20 heavy (non-hydrogen) atoms. The van der Waals surface area contributed by atoms with Crippen LogP contribution in [0, 0.1) is 5.92 Å². The first-order valence-electron chi connectivity index (χ1n) is 8.45. The Balaban J connectivity index is 2.06. The molecule has 120 valence electrons. The number of nitrogens with two attached hydrogens (primary N) is 1. The topological polar surface area (TPSA) is 41.7 Å². The molecule has 0 bridgehead atoms. The van der Waals surface area contributed by atoms with Gasteiger partial charge in [-0.25, -0.2) is 0 Å². The first kappa shape index (κ1) is 17.9. The van der Waals surface area contributed by atoms with Crippen LogP contribution in [0.25, 0.3) is 0 Å². The fourth-order valence-electron chi connectivity index (χ4n) is 2.64. The second-order valence-corrected chi connectivity index (χ2v) is 6.35. The highest BCUT2D eigenvalue weighted by Crippen LogP contribution is 2.05. The van der Waals surface area contributed by atoms with Gasteiger partial charge in [-0.3, -0.25) is 4.90 Å². The summed E-state index contributed by atoms with van der Waals surface area (Å²) in [6.07, 6.45) is 5.04. The van der Waals surface area contributed by atoms with Crippen LogP contribution in [0.1, 0.15) is 39.5 Å². The summed E-state index contributed by atoms with van der Waals surface area (Å²) in [6, 6.07) is 0. The van der Waals surface area contributed by atoms with Gasteiger partial charge in [-0.1, -0.05) is 20.3 Å². The maximum Gasteiger partial charge on any atom is 0.0593 e. The van der Waals surface area contributed by atoms with Gasteiger partial charge in [0, 0.05) is 26.2 Å². The monoisotopic (exact) mass is 285 g/mol. The first-order chi connectivity index (χ1) is 9.72. The molecule has 1 rings (SSSR count). The second-order valence-electron chi connectivity index (χ2n) is 6.35. The fraction of sp³-hybridized carbons (Fsp3) is 1.00. The third-order valence-electron chi connectivity index (χ3n) is 3.86. The molecule has 0 aliphatic carbocycles. The largest absolute Gasteiger partial charge is 0.380 e. The molecular weight excluding hydrogens is 250 g/mol. The van der Waals surface area contributed by atoms with Crippen LogP contribution in [0.4, 0.5) is 0 Å². The molecule has 2 N–H and O–H groups in total. The van der Waals surface area contributed by atoms with Crippen molar-refractivity contribution in [3.63, 3.8) is 0 Å². The molecule has 1 heterocycles. The summed E-state index contributed by atoms with van der Waals surface area (Å²) in [5.41, 5.74) is 5.54. The molecule has 1 aliphatic heterocycles. The fourth-order valence-corrected chi connectivity index (χ4v) is 2.64. The summed E-state index contributed by atoms with van der Waals surface area (Å²) in [5, 5.41) is 0. The van der Waals surface area contributed by atoms with Gasteiger partial charge in [0.05, 0.1) is 6.61 Å². The number of ether oxygens (including phenoxy) is 1. The molecule has 0 unspecified atom stereocenters. The molecule has 0 atom stereocenters. The third kappa shape index (κ3) is 8.90. The Morgan fingerprint density at radius 1 is 0.950 bits per heavy atom. The Bertz CT molecular complexity index is 224. The van der Waals surface area contributed by atoms with E-state index in [1.54, 1.807) is 0 Å². The van der Waals surface area contributed by atoms with Crippen LogP contribution in [0.2, 0.25) is 0 Å². The van der Waals surface area contributed by atoms with Gasteiger partial charge in [0.1, 0.15) is 0 Å². The SMILES string of the molecule is CC(C)COCCN1CCCN(CCCCCN)CC1. The van der Waals surface area contributed by atoms with Crippen molar-refractivity contribution in [1.29, 1.82) is 0 Å². The number of nitrogens with zero attached hydrogens (tertiary/aromatic N) is 2. The van der Waals surface area contributed by atoms with Gasteiger partial charge in [0.25, 0.3) is 0 Å². The summed E-state index contributed by atoms with van der Waals surface area (Å²) in [7, 11) is 0. The second kappa shape index (κ2) is 11.5. The molecule has 1 saturated heterocycles. The van der Waals surface area contributed by atoms with E-state index in [-0.39, 0.29) is 0 Å². The number of hydrogen-bond acceptors (Lipinski definition) is 4. The lowest BCUT2D eigenvalue weighted by molar-refractivity contribution is 0.0862. The standard InChI is InChI=1S/C16H35N3O/c1-16(2)15-20-14-13-19-10-6-9-18(11-12-19)8-5-3-4-7-17/h16H,3-15,17H2,1-2H3. The van der Waals surface area contributed by atoms with Crippen LogP contribution in [0.3, 0.4) is 0 Å². The Hall–Kier alpha value is -0.160. The molecule has 1 fully saturated rings. The minimum Gasteiger partial charge on any atom is -0.380 e. The predicted molar refractivity (Wildman–Crippen MR) is 86.1 cm³/mol. The summed E-state index contributed by atoms with van der Waals surface area (Å²) in [5.74, 6) is 0.642. The first-order valence-corrected chi connectivity index (χ1v) is 8.45. The molecular formula is C16H35N3O. The maximum absolute atomic E-state index is 5.69. The Morgan fingerprint density at radius 2 is 1.65 bits per heavy atom. The van der Waals surface area contributed by atoms with Crippen molar-refractivity contribution in [2.24, 2.45) is 11.7 Å². The van der Waals surface area contributed by atoms with Crippen molar-refractivity contribution in [1.82, 2.24) is 9.80 Å². The highest BCUT2D eigenvalue weighted by Gasteiger charge is 2.14. The van der Waals surface area contributed by atoms with E-state index in [1.165, 1.54) is 58.4 Å². The normalized spacial score (nSPS) is 18.6. The maximum atomic E-state index is 5.69. The van der Waals surface area contributed by atoms with Gasteiger partial charge >= 0.3 is 0 Å². The quantitative estimate of drug-likeness (QED) is 0.622. The van der Waals surface area contributed by atoms with E-state index in [4.69, 9.17) is 10.5 Å². The van der Waals surface area contributed by atoms with E-state index in [0.717, 1.165) is 26.3 Å². The van der Waals surface area contributed by atoms with E-state index in [1.807, 2.05) is 0 Å². The lowest BCUT2D eigenvalue weighted by Gasteiger charge is -2.21. The van der Waals surface area contributed by atoms with Crippen LogP contribution >= 0.6 is 0 Å². The van der Waals surface area contributed by atoms with Gasteiger partial charge in [-0.15, -0.1) is 0 Å². The van der Waals surface area contributed by atoms with Crippen LogP contribution in [0.5, 0.6) is 0 Å². The average Bonchev–Trinajstić information content (AvgIpc) is 2.65. The summed E-state index contributed by atoms with van der Waals surface area (Å²) in [6.45, 7) is 14.2. The average molecular weight is 285 g/mol. The van der Waals surface area contributed by atoms with Crippen molar-refractivity contribution in [3.05, 3.63) is 0 Å². The summed E-state index contributed by atoms with van der Waals surface area (Å²) in [4.78, 5) is 5.17. The van der Waals surface area contributed by atoms with Gasteiger partial charge in [0.2, 0.25) is 0 Å². The Kier molecular flexibility index (Phi) is 10.3. The van der Waals surface area contributed by atoms with Crippen LogP contribution in [-0.4, -0.2) is 68.8 Å². The smallest absolute Gasteiger partial charge is 0.0593 e. The van der Waals surface area contributed by atoms with Crippen molar-refractivity contribution in [2.45, 2.75) is 39.5 Å². The zero-order valence-corrected chi connectivity index (χ0v) is 13.6. The van der Waals surface area contributed by atoms with E-state index in [0.29, 0.717) is 5.92 Å². The van der Waals surface area contributed by atoms with Crippen molar-refractivity contribution in [2.75, 3.05) is 59.0 Å². The number of hydrogen-bond donors (Lipinski definition) is 1. The molecule has 4 heteroatoms. The Morgan fingerprint density at radius 3 is 2.30 bits per heavy atom.